The van der Waals surface area contributed by atoms with Gasteiger partial charge in [-0.05, 0) is 12.1 Å². The summed E-state index contributed by atoms with van der Waals surface area (Å²) in [5, 5.41) is 2.24. The van der Waals surface area contributed by atoms with Gasteiger partial charge in [0.2, 0.25) is 0 Å². The van der Waals surface area contributed by atoms with E-state index in [0.29, 0.717) is 11.3 Å². The molecule has 0 amide bonds. The van der Waals surface area contributed by atoms with Crippen molar-refractivity contribution in [2.75, 3.05) is 12.8 Å². The molecule has 0 unspecified atom stereocenters. The number of alkyl halides is 3. The molecule has 1 N–H and O–H groups in total. The van der Waals surface area contributed by atoms with Gasteiger partial charge in [0.1, 0.15) is 11.3 Å². The van der Waals surface area contributed by atoms with Gasteiger partial charge in [-0.15, -0.1) is 0 Å². The zero-order chi connectivity index (χ0) is 15.8. The predicted molar refractivity (Wildman–Crippen MR) is 71.6 cm³/mol. The third-order valence-corrected chi connectivity index (χ3v) is 4.10. The Kier molecular flexibility index (Phi) is 3.98. The molecule has 0 saturated carbocycles. The monoisotopic (exact) mass is 321 g/mol. The molecule has 2 rings (SSSR count). The second-order valence-corrected chi connectivity index (χ2v) is 6.69. The summed E-state index contributed by atoms with van der Waals surface area (Å²) in [7, 11) is -1.82. The molecule has 0 aliphatic rings. The molecule has 116 valence electrons. The molecule has 9 heteroatoms. The lowest BCUT2D eigenvalue weighted by Gasteiger charge is -2.07. The molecular weight excluding hydrogens is 307 g/mol. The standard InChI is InChI=1S/C12H14F3N3O2S/c1-18-8-4-3-5-9(21(2,19)20)11(8)17-10(18)6-16-7-12(13,14)15/h3-5,16H,6-7H2,1-2H3. The predicted octanol–water partition coefficient (Wildman–Crippen LogP) is 1.63. The van der Waals surface area contributed by atoms with Gasteiger partial charge in [-0.25, -0.2) is 13.4 Å². The summed E-state index contributed by atoms with van der Waals surface area (Å²) in [5.74, 6) is 0.338. The van der Waals surface area contributed by atoms with E-state index in [1.165, 1.54) is 6.07 Å². The van der Waals surface area contributed by atoms with Crippen molar-refractivity contribution in [1.82, 2.24) is 14.9 Å². The number of nitrogens with one attached hydrogen (secondary N) is 1. The fraction of sp³-hybridized carbons (Fsp3) is 0.417. The number of benzene rings is 1. The van der Waals surface area contributed by atoms with Gasteiger partial charge in [-0.2, -0.15) is 13.2 Å². The average Bonchev–Trinajstić information content (AvgIpc) is 2.64. The highest BCUT2D eigenvalue weighted by atomic mass is 32.2. The first-order valence-electron chi connectivity index (χ1n) is 6.01. The zero-order valence-corrected chi connectivity index (χ0v) is 12.2. The van der Waals surface area contributed by atoms with Gasteiger partial charge in [-0.3, -0.25) is 0 Å². The Balaban J connectivity index is 2.37. The van der Waals surface area contributed by atoms with Crippen molar-refractivity contribution in [2.45, 2.75) is 17.6 Å². The van der Waals surface area contributed by atoms with Crippen LogP contribution in [0.3, 0.4) is 0 Å². The maximum atomic E-state index is 12.1. The number of rotatable bonds is 4. The normalized spacial score (nSPS) is 13.0. The number of aryl methyl sites for hydroxylation is 1. The van der Waals surface area contributed by atoms with E-state index in [0.717, 1.165) is 6.26 Å². The third kappa shape index (κ3) is 3.53. The lowest BCUT2D eigenvalue weighted by Crippen LogP contribution is -2.29. The second kappa shape index (κ2) is 5.30. The quantitative estimate of drug-likeness (QED) is 0.930. The minimum Gasteiger partial charge on any atom is -0.330 e. The summed E-state index contributed by atoms with van der Waals surface area (Å²) in [4.78, 5) is 4.22. The molecule has 0 spiro atoms. The molecule has 1 aromatic carbocycles. The van der Waals surface area contributed by atoms with E-state index in [4.69, 9.17) is 0 Å². The van der Waals surface area contributed by atoms with Crippen LogP contribution in [0, 0.1) is 0 Å². The van der Waals surface area contributed by atoms with E-state index in [2.05, 4.69) is 10.3 Å². The van der Waals surface area contributed by atoms with E-state index in [1.807, 2.05) is 0 Å². The number of para-hydroxylation sites is 1. The Hall–Kier alpha value is -1.61. The van der Waals surface area contributed by atoms with Crippen molar-refractivity contribution in [3.63, 3.8) is 0 Å². The molecule has 0 bridgehead atoms. The molecule has 0 aliphatic heterocycles. The van der Waals surface area contributed by atoms with E-state index < -0.39 is 22.6 Å². The van der Waals surface area contributed by atoms with Crippen LogP contribution in [0.2, 0.25) is 0 Å². The van der Waals surface area contributed by atoms with Crippen molar-refractivity contribution in [3.05, 3.63) is 24.0 Å². The SMILES string of the molecule is Cn1c(CNCC(F)(F)F)nc2c(S(C)(=O)=O)cccc21. The van der Waals surface area contributed by atoms with Crippen LogP contribution >= 0.6 is 0 Å². The van der Waals surface area contributed by atoms with Crippen LogP contribution in [0.15, 0.2) is 23.1 Å². The van der Waals surface area contributed by atoms with E-state index in [1.54, 1.807) is 23.7 Å². The highest BCUT2D eigenvalue weighted by Crippen LogP contribution is 2.23. The number of hydrogen-bond acceptors (Lipinski definition) is 4. The summed E-state index contributed by atoms with van der Waals surface area (Å²) >= 11 is 0. The van der Waals surface area contributed by atoms with Crippen LogP contribution in [-0.2, 0) is 23.4 Å². The van der Waals surface area contributed by atoms with Crippen molar-refractivity contribution in [1.29, 1.82) is 0 Å². The largest absolute Gasteiger partial charge is 0.401 e. The molecular formula is C12H14F3N3O2S. The van der Waals surface area contributed by atoms with Gasteiger partial charge in [0.15, 0.2) is 9.84 Å². The van der Waals surface area contributed by atoms with E-state index in [9.17, 15) is 21.6 Å². The van der Waals surface area contributed by atoms with Crippen LogP contribution in [0.1, 0.15) is 5.82 Å². The highest BCUT2D eigenvalue weighted by molar-refractivity contribution is 7.91. The molecule has 0 aliphatic carbocycles. The maximum absolute atomic E-state index is 12.1. The number of fused-ring (bicyclic) bond motifs is 1. The van der Waals surface area contributed by atoms with Crippen LogP contribution in [0.5, 0.6) is 0 Å². The van der Waals surface area contributed by atoms with Gasteiger partial charge in [-0.1, -0.05) is 6.07 Å². The lowest BCUT2D eigenvalue weighted by atomic mass is 10.3. The molecule has 0 saturated heterocycles. The van der Waals surface area contributed by atoms with Gasteiger partial charge in [0, 0.05) is 13.3 Å². The van der Waals surface area contributed by atoms with Crippen molar-refractivity contribution < 1.29 is 21.6 Å². The summed E-state index contributed by atoms with van der Waals surface area (Å²) < 4.78 is 61.3. The summed E-state index contributed by atoms with van der Waals surface area (Å²) in [6.45, 7) is -1.23. The maximum Gasteiger partial charge on any atom is 0.401 e. The first kappa shape index (κ1) is 15.8. The Labute approximate surface area is 119 Å². The molecule has 1 heterocycles. The van der Waals surface area contributed by atoms with Crippen LogP contribution in [0.4, 0.5) is 13.2 Å². The van der Waals surface area contributed by atoms with E-state index in [-0.39, 0.29) is 17.0 Å². The third-order valence-electron chi connectivity index (χ3n) is 2.98. The number of imidazole rings is 1. The molecule has 21 heavy (non-hydrogen) atoms. The van der Waals surface area contributed by atoms with Crippen LogP contribution in [-0.4, -0.2) is 36.9 Å². The Morgan fingerprint density at radius 3 is 2.57 bits per heavy atom. The highest BCUT2D eigenvalue weighted by Gasteiger charge is 2.26. The smallest absolute Gasteiger partial charge is 0.330 e. The second-order valence-electron chi connectivity index (χ2n) is 4.70. The van der Waals surface area contributed by atoms with Gasteiger partial charge >= 0.3 is 6.18 Å². The van der Waals surface area contributed by atoms with Crippen LogP contribution < -0.4 is 5.32 Å². The Morgan fingerprint density at radius 2 is 2.00 bits per heavy atom. The number of aromatic nitrogens is 2. The number of sulfone groups is 1. The molecule has 0 radical (unpaired) electrons. The van der Waals surface area contributed by atoms with Crippen molar-refractivity contribution in [3.8, 4) is 0 Å². The fourth-order valence-electron chi connectivity index (χ4n) is 2.01. The summed E-state index contributed by atoms with van der Waals surface area (Å²) in [5.41, 5.74) is 0.827. The molecule has 1 aromatic heterocycles. The Morgan fingerprint density at radius 1 is 1.33 bits per heavy atom. The topological polar surface area (TPSA) is 64.0 Å². The zero-order valence-electron chi connectivity index (χ0n) is 11.4. The van der Waals surface area contributed by atoms with Crippen molar-refractivity contribution >= 4 is 20.9 Å². The molecule has 2 aromatic rings. The lowest BCUT2D eigenvalue weighted by molar-refractivity contribution is -0.125. The number of halogens is 3. The molecule has 0 fully saturated rings. The van der Waals surface area contributed by atoms with Gasteiger partial charge < -0.3 is 9.88 Å². The number of nitrogens with zero attached hydrogens (tertiary/aromatic N) is 2. The fourth-order valence-corrected chi connectivity index (χ4v) is 2.84. The summed E-state index contributed by atoms with van der Waals surface area (Å²) in [6, 6.07) is 4.68. The first-order chi connectivity index (χ1) is 9.59. The van der Waals surface area contributed by atoms with Gasteiger partial charge in [0.05, 0.1) is 23.5 Å². The molecule has 0 atom stereocenters. The summed E-state index contributed by atoms with van der Waals surface area (Å²) in [6.07, 6.45) is -3.24. The minimum absolute atomic E-state index is 0.0673. The minimum atomic E-state index is -4.30. The Bertz CT molecular complexity index is 766. The first-order valence-corrected chi connectivity index (χ1v) is 7.90. The van der Waals surface area contributed by atoms with Crippen LogP contribution in [0.25, 0.3) is 11.0 Å². The number of hydrogen-bond donors (Lipinski definition) is 1. The average molecular weight is 321 g/mol. The molecule has 5 nitrogen and oxygen atoms in total. The van der Waals surface area contributed by atoms with E-state index >= 15 is 0 Å². The van der Waals surface area contributed by atoms with Crippen molar-refractivity contribution in [2.24, 2.45) is 7.05 Å². The van der Waals surface area contributed by atoms with Gasteiger partial charge in [0.25, 0.3) is 0 Å².